The van der Waals surface area contributed by atoms with E-state index in [0.29, 0.717) is 10.7 Å². The number of thiocarbonyl (C=S) groups is 1. The third-order valence-electron chi connectivity index (χ3n) is 3.23. The molecule has 1 aromatic heterocycles. The van der Waals surface area contributed by atoms with Crippen molar-refractivity contribution in [2.24, 2.45) is 5.73 Å². The Hall–Kier alpha value is -1.88. The summed E-state index contributed by atoms with van der Waals surface area (Å²) in [5.41, 5.74) is 9.75. The minimum Gasteiger partial charge on any atom is -0.496 e. The maximum atomic E-state index is 5.66. The van der Waals surface area contributed by atoms with Crippen LogP contribution < -0.4 is 10.5 Å². The van der Waals surface area contributed by atoms with Crippen LogP contribution in [0.2, 0.25) is 0 Å². The first-order chi connectivity index (χ1) is 9.02. The van der Waals surface area contributed by atoms with Gasteiger partial charge in [-0.15, -0.1) is 0 Å². The van der Waals surface area contributed by atoms with E-state index in [1.165, 1.54) is 0 Å². The van der Waals surface area contributed by atoms with Crippen LogP contribution in [-0.4, -0.2) is 21.6 Å². The molecule has 4 nitrogen and oxygen atoms in total. The van der Waals surface area contributed by atoms with Crippen molar-refractivity contribution >= 4 is 17.2 Å². The number of ether oxygens (including phenoxy) is 1. The predicted octanol–water partition coefficient (Wildman–Crippen LogP) is 2.19. The SMILES string of the molecule is COc1cc(Cn2cnc(C)c2C)ccc1C(N)=S. The minimum absolute atomic E-state index is 0.345. The van der Waals surface area contributed by atoms with E-state index in [-0.39, 0.29) is 0 Å². The van der Waals surface area contributed by atoms with Gasteiger partial charge in [0.1, 0.15) is 10.7 Å². The molecule has 0 radical (unpaired) electrons. The van der Waals surface area contributed by atoms with Gasteiger partial charge in [-0.25, -0.2) is 4.98 Å². The number of imidazole rings is 1. The van der Waals surface area contributed by atoms with Crippen molar-refractivity contribution in [1.82, 2.24) is 9.55 Å². The van der Waals surface area contributed by atoms with Crippen molar-refractivity contribution in [3.8, 4) is 5.75 Å². The molecule has 2 aromatic rings. The predicted molar refractivity (Wildman–Crippen MR) is 79.7 cm³/mol. The summed E-state index contributed by atoms with van der Waals surface area (Å²) in [6, 6.07) is 5.87. The molecule has 19 heavy (non-hydrogen) atoms. The zero-order valence-electron chi connectivity index (χ0n) is 11.3. The van der Waals surface area contributed by atoms with Crippen LogP contribution in [0, 0.1) is 13.8 Å². The van der Waals surface area contributed by atoms with Gasteiger partial charge in [0.2, 0.25) is 0 Å². The van der Waals surface area contributed by atoms with Gasteiger partial charge in [-0.3, -0.25) is 0 Å². The Morgan fingerprint density at radius 1 is 1.42 bits per heavy atom. The largest absolute Gasteiger partial charge is 0.496 e. The van der Waals surface area contributed by atoms with E-state index >= 15 is 0 Å². The van der Waals surface area contributed by atoms with Crippen LogP contribution in [0.4, 0.5) is 0 Å². The first kappa shape index (κ1) is 13.5. The van der Waals surface area contributed by atoms with Crippen LogP contribution in [0.25, 0.3) is 0 Å². The fourth-order valence-electron chi connectivity index (χ4n) is 1.94. The average molecular weight is 275 g/mol. The zero-order chi connectivity index (χ0) is 14.0. The average Bonchev–Trinajstić information content (AvgIpc) is 2.70. The standard InChI is InChI=1S/C14H17N3OS/c1-9-10(2)17(8-16-9)7-11-4-5-12(14(15)19)13(6-11)18-3/h4-6,8H,7H2,1-3H3,(H2,15,19). The second-order valence-electron chi connectivity index (χ2n) is 4.44. The fraction of sp³-hybridized carbons (Fsp3) is 0.286. The van der Waals surface area contributed by atoms with E-state index in [1.807, 2.05) is 31.5 Å². The first-order valence-corrected chi connectivity index (χ1v) is 6.38. The highest BCUT2D eigenvalue weighted by molar-refractivity contribution is 7.80. The maximum Gasteiger partial charge on any atom is 0.129 e. The van der Waals surface area contributed by atoms with Crippen LogP contribution >= 0.6 is 12.2 Å². The lowest BCUT2D eigenvalue weighted by Gasteiger charge is -2.11. The Balaban J connectivity index is 2.31. The molecular formula is C14H17N3OS. The molecule has 0 atom stereocenters. The first-order valence-electron chi connectivity index (χ1n) is 5.98. The van der Waals surface area contributed by atoms with E-state index in [4.69, 9.17) is 22.7 Å². The number of rotatable bonds is 4. The highest BCUT2D eigenvalue weighted by atomic mass is 32.1. The molecule has 0 aliphatic carbocycles. The summed E-state index contributed by atoms with van der Waals surface area (Å²) in [5, 5.41) is 0. The highest BCUT2D eigenvalue weighted by Crippen LogP contribution is 2.21. The molecule has 100 valence electrons. The molecular weight excluding hydrogens is 258 g/mol. The molecule has 1 aromatic carbocycles. The van der Waals surface area contributed by atoms with Gasteiger partial charge in [-0.1, -0.05) is 18.3 Å². The smallest absolute Gasteiger partial charge is 0.129 e. The normalized spacial score (nSPS) is 10.5. The van der Waals surface area contributed by atoms with E-state index < -0.39 is 0 Å². The summed E-state index contributed by atoms with van der Waals surface area (Å²) in [4.78, 5) is 4.64. The number of nitrogens with two attached hydrogens (primary N) is 1. The van der Waals surface area contributed by atoms with Crippen molar-refractivity contribution in [2.45, 2.75) is 20.4 Å². The lowest BCUT2D eigenvalue weighted by Crippen LogP contribution is -2.11. The van der Waals surface area contributed by atoms with Gasteiger partial charge >= 0.3 is 0 Å². The minimum atomic E-state index is 0.345. The Morgan fingerprint density at radius 2 is 2.16 bits per heavy atom. The Kier molecular flexibility index (Phi) is 3.85. The molecule has 0 unspecified atom stereocenters. The second kappa shape index (κ2) is 5.40. The number of hydrogen-bond acceptors (Lipinski definition) is 3. The number of benzene rings is 1. The summed E-state index contributed by atoms with van der Waals surface area (Å²) in [6.07, 6.45) is 1.85. The van der Waals surface area contributed by atoms with Crippen LogP contribution in [-0.2, 0) is 6.54 Å². The number of nitrogens with zero attached hydrogens (tertiary/aromatic N) is 2. The summed E-state index contributed by atoms with van der Waals surface area (Å²) in [6.45, 7) is 4.81. The monoisotopic (exact) mass is 275 g/mol. The zero-order valence-corrected chi connectivity index (χ0v) is 12.1. The van der Waals surface area contributed by atoms with Crippen molar-refractivity contribution in [1.29, 1.82) is 0 Å². The quantitative estimate of drug-likeness (QED) is 0.869. The molecule has 2 N–H and O–H groups in total. The fourth-order valence-corrected chi connectivity index (χ4v) is 2.11. The summed E-state index contributed by atoms with van der Waals surface area (Å²) >= 11 is 5.00. The molecule has 0 fully saturated rings. The number of hydrogen-bond donors (Lipinski definition) is 1. The molecule has 0 saturated carbocycles. The molecule has 0 saturated heterocycles. The van der Waals surface area contributed by atoms with Gasteiger partial charge in [0.15, 0.2) is 0 Å². The number of methoxy groups -OCH3 is 1. The van der Waals surface area contributed by atoms with E-state index in [2.05, 4.69) is 16.5 Å². The topological polar surface area (TPSA) is 53.1 Å². The third-order valence-corrected chi connectivity index (χ3v) is 3.45. The molecule has 2 rings (SSSR count). The molecule has 0 amide bonds. The molecule has 0 aliphatic heterocycles. The lowest BCUT2D eigenvalue weighted by molar-refractivity contribution is 0.413. The molecule has 5 heteroatoms. The van der Waals surface area contributed by atoms with Crippen molar-refractivity contribution in [2.75, 3.05) is 7.11 Å². The summed E-state index contributed by atoms with van der Waals surface area (Å²) in [5.74, 6) is 0.708. The van der Waals surface area contributed by atoms with Gasteiger partial charge in [-0.2, -0.15) is 0 Å². The third kappa shape index (κ3) is 2.76. The van der Waals surface area contributed by atoms with Crippen molar-refractivity contribution in [3.63, 3.8) is 0 Å². The number of aromatic nitrogens is 2. The van der Waals surface area contributed by atoms with E-state index in [1.54, 1.807) is 7.11 Å². The Labute approximate surface area is 118 Å². The van der Waals surface area contributed by atoms with Gasteiger partial charge in [0.05, 0.1) is 24.7 Å². The molecule has 0 aliphatic rings. The number of aryl methyl sites for hydroxylation is 1. The van der Waals surface area contributed by atoms with Gasteiger partial charge in [-0.05, 0) is 31.5 Å². The van der Waals surface area contributed by atoms with Crippen molar-refractivity contribution < 1.29 is 4.74 Å². The lowest BCUT2D eigenvalue weighted by atomic mass is 10.1. The Morgan fingerprint density at radius 3 is 2.68 bits per heavy atom. The molecule has 0 bridgehead atoms. The van der Waals surface area contributed by atoms with E-state index in [0.717, 1.165) is 29.1 Å². The summed E-state index contributed by atoms with van der Waals surface area (Å²) in [7, 11) is 1.62. The van der Waals surface area contributed by atoms with E-state index in [9.17, 15) is 0 Å². The van der Waals surface area contributed by atoms with Crippen LogP contribution in [0.1, 0.15) is 22.5 Å². The maximum absolute atomic E-state index is 5.66. The van der Waals surface area contributed by atoms with Crippen LogP contribution in [0.3, 0.4) is 0 Å². The van der Waals surface area contributed by atoms with Gasteiger partial charge in [0.25, 0.3) is 0 Å². The molecule has 0 spiro atoms. The van der Waals surface area contributed by atoms with Gasteiger partial charge in [0, 0.05) is 12.2 Å². The van der Waals surface area contributed by atoms with Crippen LogP contribution in [0.5, 0.6) is 5.75 Å². The summed E-state index contributed by atoms with van der Waals surface area (Å²) < 4.78 is 7.43. The molecule has 1 heterocycles. The van der Waals surface area contributed by atoms with Crippen molar-refractivity contribution in [3.05, 3.63) is 47.0 Å². The second-order valence-corrected chi connectivity index (χ2v) is 4.88. The Bertz CT molecular complexity index is 619. The highest BCUT2D eigenvalue weighted by Gasteiger charge is 2.08. The van der Waals surface area contributed by atoms with Gasteiger partial charge < -0.3 is 15.0 Å². The van der Waals surface area contributed by atoms with Crippen LogP contribution in [0.15, 0.2) is 24.5 Å².